The summed E-state index contributed by atoms with van der Waals surface area (Å²) in [6.45, 7) is 2.70. The molecule has 1 aromatic heterocycles. The van der Waals surface area contributed by atoms with E-state index in [4.69, 9.17) is 0 Å². The molecule has 1 unspecified atom stereocenters. The van der Waals surface area contributed by atoms with Crippen LogP contribution in [0.5, 0.6) is 0 Å². The lowest BCUT2D eigenvalue weighted by atomic mass is 10.0. The predicted octanol–water partition coefficient (Wildman–Crippen LogP) is 4.24. The number of thiophene rings is 1. The van der Waals surface area contributed by atoms with Gasteiger partial charge >= 0.3 is 0 Å². The molecule has 0 saturated heterocycles. The molecule has 1 heterocycles. The minimum Gasteiger partial charge on any atom is -0.349 e. The van der Waals surface area contributed by atoms with Crippen molar-refractivity contribution < 1.29 is 4.79 Å². The number of benzene rings is 2. The van der Waals surface area contributed by atoms with Gasteiger partial charge in [-0.3, -0.25) is 4.79 Å². The van der Waals surface area contributed by atoms with Gasteiger partial charge in [-0.1, -0.05) is 42.5 Å². The van der Waals surface area contributed by atoms with Gasteiger partial charge < -0.3 is 10.2 Å². The van der Waals surface area contributed by atoms with Gasteiger partial charge in [0.05, 0.1) is 10.9 Å². The normalized spacial score (nSPS) is 12.5. The number of fused-ring (bicyclic) bond motifs is 1. The van der Waals surface area contributed by atoms with Crippen molar-refractivity contribution in [1.29, 1.82) is 0 Å². The summed E-state index contributed by atoms with van der Waals surface area (Å²) < 4.78 is 1.14. The number of carbonyl (C=O) groups excluding carboxylic acids is 1. The topological polar surface area (TPSA) is 32.3 Å². The van der Waals surface area contributed by atoms with Gasteiger partial charge in [0.2, 0.25) is 0 Å². The van der Waals surface area contributed by atoms with Crippen LogP contribution in [0.25, 0.3) is 10.1 Å². The molecule has 3 rings (SSSR count). The van der Waals surface area contributed by atoms with Crippen LogP contribution in [0.4, 0.5) is 0 Å². The van der Waals surface area contributed by atoms with Gasteiger partial charge in [-0.15, -0.1) is 11.3 Å². The smallest absolute Gasteiger partial charge is 0.261 e. The van der Waals surface area contributed by atoms with E-state index >= 15 is 0 Å². The van der Waals surface area contributed by atoms with Gasteiger partial charge in [0.1, 0.15) is 0 Å². The van der Waals surface area contributed by atoms with Crippen LogP contribution >= 0.6 is 11.3 Å². The number of rotatable bonds is 5. The maximum atomic E-state index is 12.5. The fourth-order valence-electron chi connectivity index (χ4n) is 2.90. The van der Waals surface area contributed by atoms with Crippen LogP contribution in [0.15, 0.2) is 54.6 Å². The number of nitrogens with one attached hydrogen (secondary N) is 1. The first kappa shape index (κ1) is 16.7. The molecule has 0 fully saturated rings. The zero-order chi connectivity index (χ0) is 17.1. The summed E-state index contributed by atoms with van der Waals surface area (Å²) in [7, 11) is 4.09. The molecular weight excluding hydrogens is 316 g/mol. The molecule has 24 heavy (non-hydrogen) atoms. The van der Waals surface area contributed by atoms with Gasteiger partial charge in [0, 0.05) is 11.2 Å². The molecular formula is C20H22N2OS. The third kappa shape index (κ3) is 3.50. The lowest BCUT2D eigenvalue weighted by molar-refractivity contribution is 0.0946. The summed E-state index contributed by atoms with van der Waals surface area (Å²) >= 11 is 1.54. The number of carbonyl (C=O) groups is 1. The van der Waals surface area contributed by atoms with Gasteiger partial charge in [-0.25, -0.2) is 0 Å². The number of aryl methyl sites for hydroxylation is 1. The second-order valence-corrected chi connectivity index (χ2v) is 7.28. The summed E-state index contributed by atoms with van der Waals surface area (Å²) in [4.78, 5) is 15.4. The van der Waals surface area contributed by atoms with Crippen molar-refractivity contribution in [2.75, 3.05) is 20.6 Å². The minimum atomic E-state index is -0.00312. The largest absolute Gasteiger partial charge is 0.349 e. The SMILES string of the molecule is Cc1ccccc1C(CNC(=O)c1cc2ccccc2s1)N(C)C. The lowest BCUT2D eigenvalue weighted by Crippen LogP contribution is -2.34. The highest BCUT2D eigenvalue weighted by atomic mass is 32.1. The Kier molecular flexibility index (Phi) is 4.97. The highest BCUT2D eigenvalue weighted by Crippen LogP contribution is 2.26. The van der Waals surface area contributed by atoms with Crippen molar-refractivity contribution in [2.45, 2.75) is 13.0 Å². The van der Waals surface area contributed by atoms with Crippen LogP contribution in [0.2, 0.25) is 0 Å². The highest BCUT2D eigenvalue weighted by Gasteiger charge is 2.18. The molecule has 0 spiro atoms. The first-order chi connectivity index (χ1) is 11.6. The van der Waals surface area contributed by atoms with Crippen molar-refractivity contribution in [3.8, 4) is 0 Å². The zero-order valence-corrected chi connectivity index (χ0v) is 15.1. The maximum absolute atomic E-state index is 12.5. The first-order valence-electron chi connectivity index (χ1n) is 8.05. The van der Waals surface area contributed by atoms with Crippen molar-refractivity contribution in [3.63, 3.8) is 0 Å². The molecule has 0 bridgehead atoms. The Morgan fingerprint density at radius 1 is 1.12 bits per heavy atom. The number of nitrogens with zero attached hydrogens (tertiary/aromatic N) is 1. The Labute approximate surface area is 146 Å². The Bertz CT molecular complexity index is 820. The molecule has 3 aromatic rings. The van der Waals surface area contributed by atoms with E-state index in [2.05, 4.69) is 29.3 Å². The van der Waals surface area contributed by atoms with E-state index in [1.165, 1.54) is 22.5 Å². The molecule has 124 valence electrons. The third-order valence-electron chi connectivity index (χ3n) is 4.28. The summed E-state index contributed by atoms with van der Waals surface area (Å²) in [5, 5.41) is 4.22. The standard InChI is InChI=1S/C20H22N2OS/c1-14-8-4-6-10-16(14)17(22(2)3)13-21-20(23)19-12-15-9-5-7-11-18(15)24-19/h4-12,17H,13H2,1-3H3,(H,21,23). The quantitative estimate of drug-likeness (QED) is 0.754. The average molecular weight is 338 g/mol. The molecule has 3 nitrogen and oxygen atoms in total. The molecule has 1 atom stereocenters. The molecule has 0 saturated carbocycles. The van der Waals surface area contributed by atoms with Crippen molar-refractivity contribution in [2.24, 2.45) is 0 Å². The summed E-state index contributed by atoms with van der Waals surface area (Å²) in [6, 6.07) is 18.5. The molecule has 1 amide bonds. The van der Waals surface area contributed by atoms with E-state index in [0.29, 0.717) is 6.54 Å². The number of hydrogen-bond donors (Lipinski definition) is 1. The fourth-order valence-corrected chi connectivity index (χ4v) is 3.88. The summed E-state index contributed by atoms with van der Waals surface area (Å²) in [5.74, 6) is -0.00312. The number of likely N-dealkylation sites (N-methyl/N-ethyl adjacent to an activating group) is 1. The van der Waals surface area contributed by atoms with Crippen LogP contribution in [0.1, 0.15) is 26.8 Å². The molecule has 0 radical (unpaired) electrons. The molecule has 1 N–H and O–H groups in total. The number of amides is 1. The Balaban J connectivity index is 1.75. The van der Waals surface area contributed by atoms with Crippen molar-refractivity contribution >= 4 is 27.3 Å². The van der Waals surface area contributed by atoms with Crippen molar-refractivity contribution in [3.05, 3.63) is 70.6 Å². The summed E-state index contributed by atoms with van der Waals surface area (Å²) in [6.07, 6.45) is 0. The van der Waals surface area contributed by atoms with E-state index < -0.39 is 0 Å². The van der Waals surface area contributed by atoms with Gasteiger partial charge in [-0.2, -0.15) is 0 Å². The van der Waals surface area contributed by atoms with Crippen LogP contribution < -0.4 is 5.32 Å². The van der Waals surface area contributed by atoms with E-state index in [-0.39, 0.29) is 11.9 Å². The Morgan fingerprint density at radius 3 is 2.54 bits per heavy atom. The molecule has 0 aliphatic heterocycles. The second kappa shape index (κ2) is 7.16. The van der Waals surface area contributed by atoms with Crippen LogP contribution in [-0.2, 0) is 0 Å². The third-order valence-corrected chi connectivity index (χ3v) is 5.39. The Hall–Kier alpha value is -2.17. The monoisotopic (exact) mass is 338 g/mol. The summed E-state index contributed by atoms with van der Waals surface area (Å²) in [5.41, 5.74) is 2.49. The number of hydrogen-bond acceptors (Lipinski definition) is 3. The Morgan fingerprint density at radius 2 is 1.83 bits per heavy atom. The van der Waals surface area contributed by atoms with Crippen molar-refractivity contribution in [1.82, 2.24) is 10.2 Å². The van der Waals surface area contributed by atoms with E-state index in [0.717, 1.165) is 15.0 Å². The lowest BCUT2D eigenvalue weighted by Gasteiger charge is -2.26. The van der Waals surface area contributed by atoms with Crippen LogP contribution in [0, 0.1) is 6.92 Å². The first-order valence-corrected chi connectivity index (χ1v) is 8.86. The fraction of sp³-hybridized carbons (Fsp3) is 0.250. The highest BCUT2D eigenvalue weighted by molar-refractivity contribution is 7.20. The average Bonchev–Trinajstić information content (AvgIpc) is 3.00. The second-order valence-electron chi connectivity index (χ2n) is 6.19. The van der Waals surface area contributed by atoms with E-state index in [1.54, 1.807) is 0 Å². The van der Waals surface area contributed by atoms with Gasteiger partial charge in [-0.05, 0) is 49.7 Å². The molecule has 0 aliphatic carbocycles. The molecule has 0 aliphatic rings. The van der Waals surface area contributed by atoms with Gasteiger partial charge in [0.15, 0.2) is 0 Å². The zero-order valence-electron chi connectivity index (χ0n) is 14.2. The molecule has 4 heteroatoms. The van der Waals surface area contributed by atoms with Crippen LogP contribution in [0.3, 0.4) is 0 Å². The van der Waals surface area contributed by atoms with Gasteiger partial charge in [0.25, 0.3) is 5.91 Å². The van der Waals surface area contributed by atoms with E-state index in [9.17, 15) is 4.79 Å². The minimum absolute atomic E-state index is 0.00312. The predicted molar refractivity (Wildman–Crippen MR) is 102 cm³/mol. The molecule has 2 aromatic carbocycles. The van der Waals surface area contributed by atoms with Crippen LogP contribution in [-0.4, -0.2) is 31.4 Å². The van der Waals surface area contributed by atoms with E-state index in [1.807, 2.05) is 56.6 Å². The maximum Gasteiger partial charge on any atom is 0.261 e.